The number of ether oxygens (including phenoxy) is 6. The van der Waals surface area contributed by atoms with Crippen LogP contribution >= 0.6 is 0 Å². The molecule has 2 N–H and O–H groups in total. The van der Waals surface area contributed by atoms with Crippen LogP contribution in [0.25, 0.3) is 0 Å². The summed E-state index contributed by atoms with van der Waals surface area (Å²) >= 11 is 0. The number of amides is 1. The lowest BCUT2D eigenvalue weighted by atomic mass is 10.4. The molecule has 0 aromatic rings. The predicted molar refractivity (Wildman–Crippen MR) is 78.2 cm³/mol. The van der Waals surface area contributed by atoms with E-state index >= 15 is 0 Å². The summed E-state index contributed by atoms with van der Waals surface area (Å²) in [7, 11) is 3.18. The first-order chi connectivity index (χ1) is 11.2. The molecule has 0 aromatic carbocycles. The highest BCUT2D eigenvalue weighted by Crippen LogP contribution is 1.96. The van der Waals surface area contributed by atoms with E-state index in [9.17, 15) is 4.79 Å². The average Bonchev–Trinajstić information content (AvgIpc) is 2.55. The zero-order chi connectivity index (χ0) is 17.2. The minimum absolute atomic E-state index is 0.0407. The predicted octanol–water partition coefficient (Wildman–Crippen LogP) is -0.129. The molecular weight excluding hydrogens is 314 g/mol. The number of hydrogen-bond acceptors (Lipinski definition) is 9. The second kappa shape index (κ2) is 17.3. The van der Waals surface area contributed by atoms with Gasteiger partial charge in [-0.3, -0.25) is 10.6 Å². The van der Waals surface area contributed by atoms with Crippen molar-refractivity contribution in [3.05, 3.63) is 0 Å². The van der Waals surface area contributed by atoms with Gasteiger partial charge in [-0.25, -0.2) is 9.68 Å². The summed E-state index contributed by atoms with van der Waals surface area (Å²) < 4.78 is 30.7. The summed E-state index contributed by atoms with van der Waals surface area (Å²) in [5.41, 5.74) is 0. The summed E-state index contributed by atoms with van der Waals surface area (Å²) in [6.07, 6.45) is -0.960. The SMILES string of the molecule is COCCOCC(COCNC(=O)OCCOO)OCCOC. The zero-order valence-electron chi connectivity index (χ0n) is 13.7. The Kier molecular flexibility index (Phi) is 16.6. The molecule has 10 nitrogen and oxygen atoms in total. The molecular formula is C13H27NO9. The molecule has 0 aliphatic carbocycles. The quantitative estimate of drug-likeness (QED) is 0.171. The standard InChI is InChI=1S/C13H27NO9/c1-17-3-5-19-9-12(21-6-4-18-2)10-20-11-14-13(15)22-7-8-23-16/h12,16H,3-11H2,1-2H3,(H,14,15). The van der Waals surface area contributed by atoms with Crippen molar-refractivity contribution in [1.82, 2.24) is 5.32 Å². The van der Waals surface area contributed by atoms with E-state index in [2.05, 4.69) is 14.9 Å². The molecule has 1 atom stereocenters. The van der Waals surface area contributed by atoms with Gasteiger partial charge in [-0.05, 0) is 0 Å². The van der Waals surface area contributed by atoms with E-state index in [-0.39, 0.29) is 32.7 Å². The number of methoxy groups -OCH3 is 2. The molecule has 0 radical (unpaired) electrons. The summed E-state index contributed by atoms with van der Waals surface area (Å²) in [5.74, 6) is 0. The van der Waals surface area contributed by atoms with E-state index < -0.39 is 6.09 Å². The fourth-order valence-electron chi connectivity index (χ4n) is 1.32. The molecule has 0 heterocycles. The van der Waals surface area contributed by atoms with Crippen LogP contribution in [0.2, 0.25) is 0 Å². The van der Waals surface area contributed by atoms with Crippen LogP contribution in [0.5, 0.6) is 0 Å². The topological polar surface area (TPSA) is 114 Å². The van der Waals surface area contributed by atoms with Gasteiger partial charge in [-0.2, -0.15) is 0 Å². The first-order valence-corrected chi connectivity index (χ1v) is 7.16. The van der Waals surface area contributed by atoms with Crippen LogP contribution in [0.3, 0.4) is 0 Å². The van der Waals surface area contributed by atoms with E-state index in [4.69, 9.17) is 28.9 Å². The first kappa shape index (κ1) is 22.0. The third-order valence-corrected chi connectivity index (χ3v) is 2.41. The van der Waals surface area contributed by atoms with Crippen molar-refractivity contribution in [2.45, 2.75) is 6.10 Å². The Labute approximate surface area is 135 Å². The highest BCUT2D eigenvalue weighted by Gasteiger charge is 2.10. The third-order valence-electron chi connectivity index (χ3n) is 2.41. The molecule has 1 unspecified atom stereocenters. The molecule has 0 fully saturated rings. The smallest absolute Gasteiger partial charge is 0.409 e. The van der Waals surface area contributed by atoms with Gasteiger partial charge in [0.2, 0.25) is 0 Å². The number of carbonyl (C=O) groups excluding carboxylic acids is 1. The van der Waals surface area contributed by atoms with Crippen molar-refractivity contribution in [3.63, 3.8) is 0 Å². The summed E-state index contributed by atoms with van der Waals surface area (Å²) in [5, 5.41) is 10.4. The van der Waals surface area contributed by atoms with Crippen molar-refractivity contribution >= 4 is 6.09 Å². The fraction of sp³-hybridized carbons (Fsp3) is 0.923. The minimum atomic E-state index is -0.671. The Morgan fingerprint density at radius 3 is 2.35 bits per heavy atom. The summed E-state index contributed by atoms with van der Waals surface area (Å²) in [6.45, 7) is 2.21. The lowest BCUT2D eigenvalue weighted by molar-refractivity contribution is -0.246. The Morgan fingerprint density at radius 1 is 0.957 bits per heavy atom. The lowest BCUT2D eigenvalue weighted by Crippen LogP contribution is -2.32. The second-order valence-corrected chi connectivity index (χ2v) is 4.21. The minimum Gasteiger partial charge on any atom is -0.447 e. The van der Waals surface area contributed by atoms with Crippen LogP contribution in [0, 0.1) is 0 Å². The van der Waals surface area contributed by atoms with E-state index in [0.717, 1.165) is 0 Å². The molecule has 138 valence electrons. The van der Waals surface area contributed by atoms with Gasteiger partial charge >= 0.3 is 6.09 Å². The lowest BCUT2D eigenvalue weighted by Gasteiger charge is -2.18. The molecule has 23 heavy (non-hydrogen) atoms. The van der Waals surface area contributed by atoms with Crippen molar-refractivity contribution in [2.24, 2.45) is 0 Å². The largest absolute Gasteiger partial charge is 0.447 e. The summed E-state index contributed by atoms with van der Waals surface area (Å²) in [6, 6.07) is 0. The van der Waals surface area contributed by atoms with Crippen molar-refractivity contribution < 1.29 is 43.4 Å². The van der Waals surface area contributed by atoms with Crippen molar-refractivity contribution in [2.75, 3.05) is 73.8 Å². The van der Waals surface area contributed by atoms with Crippen LogP contribution in [0.1, 0.15) is 0 Å². The Bertz CT molecular complexity index is 268. The molecule has 10 heteroatoms. The molecule has 1 amide bonds. The Balaban J connectivity index is 3.77. The highest BCUT2D eigenvalue weighted by molar-refractivity contribution is 5.66. The second-order valence-electron chi connectivity index (χ2n) is 4.21. The maximum Gasteiger partial charge on any atom is 0.409 e. The number of nitrogens with one attached hydrogen (secondary N) is 1. The molecule has 0 aromatic heterocycles. The molecule has 0 saturated heterocycles. The van der Waals surface area contributed by atoms with E-state index in [1.54, 1.807) is 14.2 Å². The van der Waals surface area contributed by atoms with Crippen LogP contribution in [-0.4, -0.2) is 91.3 Å². The summed E-state index contributed by atoms with van der Waals surface area (Å²) in [4.78, 5) is 14.9. The molecule has 0 aliphatic rings. The monoisotopic (exact) mass is 341 g/mol. The highest BCUT2D eigenvalue weighted by atomic mass is 17.1. The van der Waals surface area contributed by atoms with Gasteiger partial charge in [0.25, 0.3) is 0 Å². The van der Waals surface area contributed by atoms with Gasteiger partial charge in [-0.15, -0.1) is 0 Å². The van der Waals surface area contributed by atoms with Gasteiger partial charge in [0.1, 0.15) is 26.0 Å². The van der Waals surface area contributed by atoms with Crippen molar-refractivity contribution in [1.29, 1.82) is 0 Å². The van der Waals surface area contributed by atoms with Crippen LogP contribution in [0.15, 0.2) is 0 Å². The van der Waals surface area contributed by atoms with Gasteiger partial charge in [-0.1, -0.05) is 0 Å². The third kappa shape index (κ3) is 15.7. The zero-order valence-corrected chi connectivity index (χ0v) is 13.7. The van der Waals surface area contributed by atoms with E-state index in [1.165, 1.54) is 0 Å². The van der Waals surface area contributed by atoms with Crippen LogP contribution < -0.4 is 5.32 Å². The van der Waals surface area contributed by atoms with Crippen LogP contribution in [-0.2, 0) is 33.3 Å². The maximum atomic E-state index is 11.2. The number of rotatable bonds is 16. The van der Waals surface area contributed by atoms with Crippen LogP contribution in [0.4, 0.5) is 4.79 Å². The van der Waals surface area contributed by atoms with Gasteiger partial charge in [0.15, 0.2) is 0 Å². The molecule has 0 rings (SSSR count). The molecule has 0 bridgehead atoms. The molecule has 0 saturated carbocycles. The Morgan fingerprint density at radius 2 is 1.65 bits per heavy atom. The van der Waals surface area contributed by atoms with Gasteiger partial charge in [0, 0.05) is 14.2 Å². The van der Waals surface area contributed by atoms with Gasteiger partial charge < -0.3 is 28.4 Å². The fourth-order valence-corrected chi connectivity index (χ4v) is 1.32. The van der Waals surface area contributed by atoms with Crippen molar-refractivity contribution in [3.8, 4) is 0 Å². The molecule has 0 spiro atoms. The first-order valence-electron chi connectivity index (χ1n) is 7.16. The number of hydrogen-bond donors (Lipinski definition) is 2. The maximum absolute atomic E-state index is 11.2. The van der Waals surface area contributed by atoms with E-state index in [1.807, 2.05) is 0 Å². The van der Waals surface area contributed by atoms with Gasteiger partial charge in [0.05, 0.1) is 39.6 Å². The number of carbonyl (C=O) groups is 1. The van der Waals surface area contributed by atoms with E-state index in [0.29, 0.717) is 33.0 Å². The Hall–Kier alpha value is -1.01. The average molecular weight is 341 g/mol. The normalized spacial score (nSPS) is 12.1. The number of alkyl carbamates (subject to hydrolysis) is 1. The molecule has 0 aliphatic heterocycles.